The summed E-state index contributed by atoms with van der Waals surface area (Å²) in [5, 5.41) is 9.80. The third kappa shape index (κ3) is 5.70. The van der Waals surface area contributed by atoms with Crippen LogP contribution >= 0.6 is 35.1 Å². The van der Waals surface area contributed by atoms with Crippen molar-refractivity contribution in [2.45, 2.75) is 6.61 Å². The van der Waals surface area contributed by atoms with Gasteiger partial charge in [-0.15, -0.1) is 11.6 Å². The predicted molar refractivity (Wildman–Crippen MR) is 121 cm³/mol. The zero-order valence-corrected chi connectivity index (χ0v) is 18.4. The highest BCUT2D eigenvalue weighted by atomic mass is 35.5. The first-order valence-corrected chi connectivity index (χ1v) is 11.0. The van der Waals surface area contributed by atoms with Gasteiger partial charge in [-0.05, 0) is 35.4 Å². The van der Waals surface area contributed by atoms with Crippen LogP contribution in [0.15, 0.2) is 48.8 Å². The lowest BCUT2D eigenvalue weighted by molar-refractivity contribution is 0.305. The molecule has 0 unspecified atom stereocenters. The van der Waals surface area contributed by atoms with Crippen molar-refractivity contribution in [2.24, 2.45) is 0 Å². The van der Waals surface area contributed by atoms with Crippen LogP contribution in [0.25, 0.3) is 11.1 Å². The lowest BCUT2D eigenvalue weighted by atomic mass is 10.0. The Morgan fingerprint density at radius 2 is 1.83 bits per heavy atom. The summed E-state index contributed by atoms with van der Waals surface area (Å²) in [7, 11) is 0. The lowest BCUT2D eigenvalue weighted by Crippen LogP contribution is -2.01. The Morgan fingerprint density at radius 1 is 1.10 bits per heavy atom. The number of anilines is 1. The van der Waals surface area contributed by atoms with Crippen molar-refractivity contribution in [3.63, 3.8) is 0 Å². The van der Waals surface area contributed by atoms with E-state index < -0.39 is 0 Å². The van der Waals surface area contributed by atoms with Gasteiger partial charge in [0.2, 0.25) is 5.95 Å². The maximum absolute atomic E-state index is 9.43. The van der Waals surface area contributed by atoms with Gasteiger partial charge in [0.15, 0.2) is 5.75 Å². The van der Waals surface area contributed by atoms with E-state index in [2.05, 4.69) is 20.8 Å². The molecule has 0 radical (unpaired) electrons. The molecular weight excluding hydrogens is 443 g/mol. The molecule has 0 spiro atoms. The van der Waals surface area contributed by atoms with Gasteiger partial charge in [-0.2, -0.15) is 5.26 Å². The molecule has 0 atom stereocenters. The van der Waals surface area contributed by atoms with Gasteiger partial charge in [0.25, 0.3) is 0 Å². The van der Waals surface area contributed by atoms with Gasteiger partial charge >= 0.3 is 0 Å². The predicted octanol–water partition coefficient (Wildman–Crippen LogP) is 5.56. The van der Waals surface area contributed by atoms with E-state index in [0.29, 0.717) is 40.5 Å². The second kappa shape index (κ2) is 10.9. The summed E-state index contributed by atoms with van der Waals surface area (Å²) in [5.74, 6) is 1.93. The van der Waals surface area contributed by atoms with E-state index in [1.165, 1.54) is 11.9 Å². The molecule has 0 aliphatic rings. The van der Waals surface area contributed by atoms with Crippen LogP contribution in [0.4, 0.5) is 5.95 Å². The molecule has 1 heterocycles. The highest BCUT2D eigenvalue weighted by molar-refractivity contribution is 7.99. The molecule has 0 fully saturated rings. The van der Waals surface area contributed by atoms with Crippen molar-refractivity contribution in [1.29, 1.82) is 5.26 Å². The number of nitriles is 1. The summed E-state index contributed by atoms with van der Waals surface area (Å²) < 4.78 is 14.3. The average molecular weight is 461 g/mol. The van der Waals surface area contributed by atoms with Crippen LogP contribution in [0.5, 0.6) is 11.5 Å². The number of alkyl halides is 1. The molecule has 0 aliphatic carbocycles. The van der Waals surface area contributed by atoms with Gasteiger partial charge < -0.3 is 9.47 Å². The summed E-state index contributed by atoms with van der Waals surface area (Å²) in [6.45, 7) is 0.638. The van der Waals surface area contributed by atoms with Gasteiger partial charge in [0.1, 0.15) is 25.0 Å². The maximum atomic E-state index is 9.43. The number of halogens is 2. The van der Waals surface area contributed by atoms with Crippen molar-refractivity contribution < 1.29 is 9.47 Å². The zero-order chi connectivity index (χ0) is 21.3. The normalized spacial score (nSPS) is 10.3. The maximum Gasteiger partial charge on any atom is 0.232 e. The number of hydrogen-bond acceptors (Lipinski definition) is 7. The van der Waals surface area contributed by atoms with Crippen LogP contribution < -0.4 is 14.2 Å². The quantitative estimate of drug-likeness (QED) is 0.330. The number of nitrogens with one attached hydrogen (secondary N) is 1. The van der Waals surface area contributed by atoms with Crippen molar-refractivity contribution in [1.82, 2.24) is 9.97 Å². The Hall–Kier alpha value is -2.66. The Morgan fingerprint density at radius 3 is 2.47 bits per heavy atom. The highest BCUT2D eigenvalue weighted by Crippen LogP contribution is 2.34. The second-order valence-corrected chi connectivity index (χ2v) is 7.42. The van der Waals surface area contributed by atoms with Gasteiger partial charge in [0, 0.05) is 24.2 Å². The van der Waals surface area contributed by atoms with Crippen LogP contribution in [-0.2, 0) is 6.61 Å². The topological polar surface area (TPSA) is 80.1 Å². The Balaban J connectivity index is 1.69. The van der Waals surface area contributed by atoms with E-state index in [1.54, 1.807) is 24.5 Å². The summed E-state index contributed by atoms with van der Waals surface area (Å²) in [4.78, 5) is 8.41. The Bertz CT molecular complexity index is 1020. The van der Waals surface area contributed by atoms with Crippen molar-refractivity contribution in [3.8, 4) is 28.7 Å². The smallest absolute Gasteiger partial charge is 0.232 e. The van der Waals surface area contributed by atoms with Crippen LogP contribution in [0.1, 0.15) is 11.1 Å². The second-order valence-electron chi connectivity index (χ2n) is 6.02. The fraction of sp³-hybridized carbons (Fsp3) is 0.190. The summed E-state index contributed by atoms with van der Waals surface area (Å²) in [5.41, 5.74) is 2.94. The molecule has 0 saturated carbocycles. The van der Waals surface area contributed by atoms with Crippen LogP contribution in [0.2, 0.25) is 5.02 Å². The first kappa shape index (κ1) is 22.0. The minimum atomic E-state index is 0.281. The molecule has 0 saturated heterocycles. The Kier molecular flexibility index (Phi) is 8.03. The molecule has 3 rings (SSSR count). The SMILES string of the molecule is CSNc1ncc(COc2ccc(-c3cc(Cl)c(OCCCl)c(C#N)c3)cc2)cn1. The number of hydrogen-bond donors (Lipinski definition) is 1. The molecule has 6 nitrogen and oxygen atoms in total. The van der Waals surface area contributed by atoms with E-state index >= 15 is 0 Å². The molecule has 1 aromatic heterocycles. The van der Waals surface area contributed by atoms with E-state index in [1.807, 2.05) is 30.5 Å². The summed E-state index contributed by atoms with van der Waals surface area (Å²) in [6.07, 6.45) is 5.35. The third-order valence-corrected chi connectivity index (χ3v) is 4.80. The fourth-order valence-corrected chi connectivity index (χ4v) is 3.25. The van der Waals surface area contributed by atoms with E-state index in [-0.39, 0.29) is 6.61 Å². The van der Waals surface area contributed by atoms with Gasteiger partial charge in [-0.1, -0.05) is 35.7 Å². The minimum absolute atomic E-state index is 0.281. The van der Waals surface area contributed by atoms with E-state index in [0.717, 1.165) is 16.7 Å². The number of nitrogens with zero attached hydrogens (tertiary/aromatic N) is 3. The molecule has 30 heavy (non-hydrogen) atoms. The Labute approximate surface area is 189 Å². The van der Waals surface area contributed by atoms with Crippen molar-refractivity contribution in [3.05, 3.63) is 64.9 Å². The molecule has 1 N–H and O–H groups in total. The van der Waals surface area contributed by atoms with Crippen molar-refractivity contribution >= 4 is 41.1 Å². The molecular formula is C21H18Cl2N4O2S. The highest BCUT2D eigenvalue weighted by Gasteiger charge is 2.12. The molecule has 0 bridgehead atoms. The molecule has 9 heteroatoms. The summed E-state index contributed by atoms with van der Waals surface area (Å²) >= 11 is 13.4. The largest absolute Gasteiger partial charge is 0.489 e. The van der Waals surface area contributed by atoms with Gasteiger partial charge in [0.05, 0.1) is 16.5 Å². The van der Waals surface area contributed by atoms with Crippen LogP contribution in [-0.4, -0.2) is 28.7 Å². The number of aromatic nitrogens is 2. The number of ether oxygens (including phenoxy) is 2. The molecule has 2 aromatic carbocycles. The number of benzene rings is 2. The first-order valence-electron chi connectivity index (χ1n) is 8.90. The van der Waals surface area contributed by atoms with Crippen molar-refractivity contribution in [2.75, 3.05) is 23.5 Å². The van der Waals surface area contributed by atoms with E-state index in [4.69, 9.17) is 32.7 Å². The first-order chi connectivity index (χ1) is 14.6. The molecule has 0 aliphatic heterocycles. The average Bonchev–Trinajstić information content (AvgIpc) is 2.78. The van der Waals surface area contributed by atoms with E-state index in [9.17, 15) is 5.26 Å². The summed E-state index contributed by atoms with van der Waals surface area (Å²) in [6, 6.07) is 13.2. The molecule has 0 amide bonds. The number of rotatable bonds is 9. The van der Waals surface area contributed by atoms with Crippen LogP contribution in [0, 0.1) is 11.3 Å². The standard InChI is InChI=1S/C21H18Cl2N4O2S/c1-30-27-21-25-11-14(12-26-21)13-29-18-4-2-15(3-5-18)16-8-17(10-24)20(19(23)9-16)28-7-6-22/h2-5,8-9,11-12H,6-7,13H2,1H3,(H,25,26,27). The molecule has 154 valence electrons. The van der Waals surface area contributed by atoms with Crippen LogP contribution in [0.3, 0.4) is 0 Å². The minimum Gasteiger partial charge on any atom is -0.489 e. The van der Waals surface area contributed by atoms with Gasteiger partial charge in [-0.25, -0.2) is 9.97 Å². The third-order valence-electron chi connectivity index (χ3n) is 3.98. The monoisotopic (exact) mass is 460 g/mol. The van der Waals surface area contributed by atoms with Gasteiger partial charge in [-0.3, -0.25) is 4.72 Å². The molecule has 3 aromatic rings. The fourth-order valence-electron chi connectivity index (χ4n) is 2.61. The lowest BCUT2D eigenvalue weighted by Gasteiger charge is -2.12. The zero-order valence-electron chi connectivity index (χ0n) is 16.1.